The van der Waals surface area contributed by atoms with Gasteiger partial charge in [-0.15, -0.1) is 10.6 Å². The van der Waals surface area contributed by atoms with E-state index in [-0.39, 0.29) is 11.5 Å². The van der Waals surface area contributed by atoms with E-state index < -0.39 is 41.9 Å². The third-order valence-corrected chi connectivity index (χ3v) is 4.52. The summed E-state index contributed by atoms with van der Waals surface area (Å²) in [6, 6.07) is 2.90. The van der Waals surface area contributed by atoms with Crippen LogP contribution >= 0.6 is 0 Å². The minimum absolute atomic E-state index is 0.256. The van der Waals surface area contributed by atoms with Crippen LogP contribution in [0.2, 0.25) is 0 Å². The van der Waals surface area contributed by atoms with Crippen molar-refractivity contribution in [3.63, 3.8) is 0 Å². The number of nitrogens with zero attached hydrogens (tertiary/aromatic N) is 5. The first-order valence-electron chi connectivity index (χ1n) is 8.65. The highest BCUT2D eigenvalue weighted by molar-refractivity contribution is 5.82. The molecular weight excluding hydrogens is 418 g/mol. The van der Waals surface area contributed by atoms with Crippen LogP contribution < -0.4 is 10.4 Å². The fourth-order valence-electron chi connectivity index (χ4n) is 2.79. The zero-order valence-electron chi connectivity index (χ0n) is 15.6. The Hall–Kier alpha value is -2.96. The van der Waals surface area contributed by atoms with E-state index in [1.165, 1.54) is 36.4 Å². The van der Waals surface area contributed by atoms with Crippen LogP contribution in [0.1, 0.15) is 19.4 Å². The number of hydrogen-bond acceptors (Lipinski definition) is 7. The predicted octanol–water partition coefficient (Wildman–Crippen LogP) is 3.87. The molecule has 1 aliphatic heterocycles. The highest BCUT2D eigenvalue weighted by Gasteiger charge is 2.44. The smallest absolute Gasteiger partial charge is 0.381 e. The second-order valence-corrected chi connectivity index (χ2v) is 6.58. The Kier molecular flexibility index (Phi) is 5.83. The fraction of sp³-hybridized carbons (Fsp3) is 0.412. The normalized spacial score (nSPS) is 22.7. The van der Waals surface area contributed by atoms with Gasteiger partial charge >= 0.3 is 18.3 Å². The third-order valence-electron chi connectivity index (χ3n) is 4.52. The lowest BCUT2D eigenvalue weighted by Gasteiger charge is -2.35. The van der Waals surface area contributed by atoms with Crippen LogP contribution in [0.15, 0.2) is 41.8 Å². The van der Waals surface area contributed by atoms with Gasteiger partial charge in [0, 0.05) is 12.1 Å². The van der Waals surface area contributed by atoms with Crippen molar-refractivity contribution in [2.45, 2.75) is 38.4 Å². The number of pyridine rings is 1. The molecule has 162 valence electrons. The number of halogens is 6. The van der Waals surface area contributed by atoms with E-state index in [9.17, 15) is 26.3 Å². The van der Waals surface area contributed by atoms with Crippen LogP contribution in [-0.2, 0) is 11.0 Å². The van der Waals surface area contributed by atoms with Gasteiger partial charge in [-0.1, -0.05) is 6.92 Å². The monoisotopic (exact) mass is 434 g/mol. The number of hydrogen-bond donors (Lipinski definition) is 1. The van der Waals surface area contributed by atoms with Crippen molar-refractivity contribution in [2.24, 2.45) is 10.9 Å². The van der Waals surface area contributed by atoms with Crippen LogP contribution in [0.25, 0.3) is 0 Å². The Bertz CT molecular complexity index is 904. The molecule has 2 aromatic heterocycles. The van der Waals surface area contributed by atoms with Crippen molar-refractivity contribution in [3.8, 4) is 0 Å². The van der Waals surface area contributed by atoms with E-state index in [1.807, 2.05) is 0 Å². The number of aromatic nitrogens is 3. The van der Waals surface area contributed by atoms with Crippen molar-refractivity contribution in [3.05, 3.63) is 42.4 Å². The lowest BCUT2D eigenvalue weighted by Crippen LogP contribution is -2.50. The maximum absolute atomic E-state index is 13.2. The Morgan fingerprint density at radius 2 is 1.80 bits per heavy atom. The zero-order chi connectivity index (χ0) is 22.1. The van der Waals surface area contributed by atoms with Gasteiger partial charge in [-0.3, -0.25) is 4.98 Å². The topological polar surface area (TPSA) is 75.5 Å². The number of anilines is 2. The molecule has 13 heteroatoms. The molecule has 3 heterocycles. The second kappa shape index (κ2) is 8.05. The second-order valence-electron chi connectivity index (χ2n) is 6.58. The molecule has 0 saturated carbocycles. The molecule has 3 rings (SSSR count). The van der Waals surface area contributed by atoms with E-state index in [0.717, 1.165) is 6.07 Å². The van der Waals surface area contributed by atoms with Gasteiger partial charge in [0.25, 0.3) is 0 Å². The number of alkyl halides is 6. The number of hydroxylamine groups is 1. The average molecular weight is 434 g/mol. The molecule has 1 aliphatic rings. The summed E-state index contributed by atoms with van der Waals surface area (Å²) in [5.74, 6) is -2.39. The van der Waals surface area contributed by atoms with Gasteiger partial charge < -0.3 is 9.74 Å². The van der Waals surface area contributed by atoms with E-state index in [4.69, 9.17) is 0 Å². The van der Waals surface area contributed by atoms with E-state index in [1.54, 1.807) is 6.92 Å². The fourth-order valence-corrected chi connectivity index (χ4v) is 2.79. The van der Waals surface area contributed by atoms with Gasteiger partial charge in [0.05, 0.1) is 29.7 Å². The van der Waals surface area contributed by atoms with E-state index in [0.29, 0.717) is 6.20 Å². The lowest BCUT2D eigenvalue weighted by molar-refractivity contribution is -0.137. The number of nitrogens with one attached hydrogen (secondary N) is 1. The van der Waals surface area contributed by atoms with Crippen molar-refractivity contribution < 1.29 is 31.2 Å². The highest BCUT2D eigenvalue weighted by atomic mass is 19.4. The van der Waals surface area contributed by atoms with Crippen molar-refractivity contribution in [2.75, 3.05) is 4.90 Å². The maximum atomic E-state index is 13.2. The van der Waals surface area contributed by atoms with Gasteiger partial charge in [-0.25, -0.2) is 4.99 Å². The van der Waals surface area contributed by atoms with Gasteiger partial charge in [0.1, 0.15) is 6.17 Å². The van der Waals surface area contributed by atoms with Gasteiger partial charge in [0.2, 0.25) is 0 Å². The standard InChI is InChI=1S/C17H16F6N6O/c1-9-10(2)26-15(17(21,22)23)30-28-14(9)29(12-4-3-5-24-8-12)13-6-11(7-25-27-13)16(18,19)20/h3-10,14,28H,1-2H3/t9-,10?,14+/m1/s1. The van der Waals surface area contributed by atoms with Crippen LogP contribution in [0.4, 0.5) is 37.8 Å². The summed E-state index contributed by atoms with van der Waals surface area (Å²) in [6.07, 6.45) is -7.29. The van der Waals surface area contributed by atoms with Crippen LogP contribution in [0.5, 0.6) is 0 Å². The first-order valence-corrected chi connectivity index (χ1v) is 8.65. The summed E-state index contributed by atoms with van der Waals surface area (Å²) in [5, 5.41) is 7.16. The molecule has 0 saturated heterocycles. The number of rotatable bonds is 3. The van der Waals surface area contributed by atoms with Crippen molar-refractivity contribution in [1.29, 1.82) is 0 Å². The highest BCUT2D eigenvalue weighted by Crippen LogP contribution is 2.35. The summed E-state index contributed by atoms with van der Waals surface area (Å²) in [7, 11) is 0. The predicted molar refractivity (Wildman–Crippen MR) is 93.5 cm³/mol. The Morgan fingerprint density at radius 3 is 2.40 bits per heavy atom. The first-order chi connectivity index (χ1) is 14.0. The van der Waals surface area contributed by atoms with Crippen molar-refractivity contribution in [1.82, 2.24) is 20.7 Å². The Morgan fingerprint density at radius 1 is 1.07 bits per heavy atom. The van der Waals surface area contributed by atoms with Crippen LogP contribution in [-0.4, -0.2) is 39.5 Å². The molecular formula is C17H16F6N6O. The minimum atomic E-state index is -4.84. The van der Waals surface area contributed by atoms with E-state index in [2.05, 4.69) is 30.5 Å². The van der Waals surface area contributed by atoms with E-state index >= 15 is 0 Å². The summed E-state index contributed by atoms with van der Waals surface area (Å²) < 4.78 is 78.9. The molecule has 30 heavy (non-hydrogen) atoms. The summed E-state index contributed by atoms with van der Waals surface area (Å²) in [6.45, 7) is 3.03. The SMILES string of the molecule is CC1N=C(C(F)(F)F)ON[C@@H](N(c2cccnc2)c2cc(C(F)(F)F)cnn2)[C@@H]1C. The molecule has 0 bridgehead atoms. The minimum Gasteiger partial charge on any atom is -0.381 e. The van der Waals surface area contributed by atoms with Gasteiger partial charge in [-0.05, 0) is 25.1 Å². The third kappa shape index (κ3) is 4.61. The first kappa shape index (κ1) is 21.7. The molecule has 0 aliphatic carbocycles. The molecule has 0 fully saturated rings. The van der Waals surface area contributed by atoms with Crippen molar-refractivity contribution >= 4 is 17.4 Å². The molecule has 0 spiro atoms. The maximum Gasteiger partial charge on any atom is 0.470 e. The summed E-state index contributed by atoms with van der Waals surface area (Å²) in [5.41, 5.74) is 1.47. The zero-order valence-corrected chi connectivity index (χ0v) is 15.6. The van der Waals surface area contributed by atoms with Crippen LogP contribution in [0, 0.1) is 5.92 Å². The average Bonchev–Trinajstić information content (AvgIpc) is 2.82. The lowest BCUT2D eigenvalue weighted by atomic mass is 9.99. The quantitative estimate of drug-likeness (QED) is 0.740. The molecule has 0 radical (unpaired) electrons. The molecule has 7 nitrogen and oxygen atoms in total. The Balaban J connectivity index is 2.07. The molecule has 1 unspecified atom stereocenters. The van der Waals surface area contributed by atoms with Gasteiger partial charge in [0.15, 0.2) is 5.82 Å². The number of aliphatic imine (C=N–C) groups is 1. The largest absolute Gasteiger partial charge is 0.470 e. The molecule has 0 amide bonds. The summed E-state index contributed by atoms with van der Waals surface area (Å²) in [4.78, 5) is 13.4. The Labute approximate surface area is 166 Å². The molecule has 2 aromatic rings. The molecule has 0 aromatic carbocycles. The summed E-state index contributed by atoms with van der Waals surface area (Å²) >= 11 is 0. The molecule has 3 atom stereocenters. The van der Waals surface area contributed by atoms with Gasteiger partial charge in [-0.2, -0.15) is 31.4 Å². The van der Waals surface area contributed by atoms with Crippen LogP contribution in [0.3, 0.4) is 0 Å². The molecule has 1 N–H and O–H groups in total.